The monoisotopic (exact) mass is 316 g/mol. The zero-order valence-electron chi connectivity index (χ0n) is 11.2. The summed E-state index contributed by atoms with van der Waals surface area (Å²) in [5.41, 5.74) is 0. The van der Waals surface area contributed by atoms with E-state index >= 15 is 0 Å². The summed E-state index contributed by atoms with van der Waals surface area (Å²) in [4.78, 5) is 1.23. The third-order valence-electron chi connectivity index (χ3n) is 2.50. The van der Waals surface area contributed by atoms with Crippen molar-refractivity contribution < 1.29 is 9.15 Å². The first kappa shape index (κ1) is 15.2. The van der Waals surface area contributed by atoms with Crippen molar-refractivity contribution >= 4 is 29.0 Å². The van der Waals surface area contributed by atoms with Crippen LogP contribution in [-0.4, -0.2) is 37.0 Å². The number of aromatic nitrogens is 2. The minimum atomic E-state index is 0.441. The number of hydrogen-bond acceptors (Lipinski definition) is 7. The van der Waals surface area contributed by atoms with Crippen molar-refractivity contribution in [3.05, 3.63) is 27.2 Å². The number of halogens is 1. The number of thiophene rings is 1. The molecule has 0 aliphatic heterocycles. The largest absolute Gasteiger partial charge is 0.407 e. The highest BCUT2D eigenvalue weighted by Crippen LogP contribution is 2.21. The topological polar surface area (TPSA) is 72.2 Å². The molecule has 8 heteroatoms. The molecule has 0 spiro atoms. The Morgan fingerprint density at radius 2 is 2.25 bits per heavy atom. The quantitative estimate of drug-likeness (QED) is 0.691. The maximum Gasteiger partial charge on any atom is 0.315 e. The van der Waals surface area contributed by atoms with E-state index in [0.717, 1.165) is 23.8 Å². The van der Waals surface area contributed by atoms with Crippen LogP contribution in [0.5, 0.6) is 0 Å². The lowest BCUT2D eigenvalue weighted by atomic mass is 10.3. The summed E-state index contributed by atoms with van der Waals surface area (Å²) >= 11 is 7.45. The average Bonchev–Trinajstić information content (AvgIpc) is 3.05. The lowest BCUT2D eigenvalue weighted by Gasteiger charge is -2.00. The molecule has 0 saturated carbocycles. The molecule has 2 rings (SSSR count). The molecule has 0 aromatic carbocycles. The summed E-state index contributed by atoms with van der Waals surface area (Å²) in [6.07, 6.45) is 0.876. The Hall–Kier alpha value is -1.15. The lowest BCUT2D eigenvalue weighted by molar-refractivity contribution is 0.198. The Morgan fingerprint density at radius 1 is 1.35 bits per heavy atom. The van der Waals surface area contributed by atoms with E-state index in [1.807, 2.05) is 12.1 Å². The molecule has 0 unspecified atom stereocenters. The fraction of sp³-hybridized carbons (Fsp3) is 0.500. The number of rotatable bonds is 9. The molecule has 2 aromatic heterocycles. The summed E-state index contributed by atoms with van der Waals surface area (Å²) in [7, 11) is 1.66. The van der Waals surface area contributed by atoms with Gasteiger partial charge in [-0.2, -0.15) is 0 Å². The molecule has 0 aliphatic carbocycles. The van der Waals surface area contributed by atoms with Crippen LogP contribution in [0.25, 0.3) is 0 Å². The van der Waals surface area contributed by atoms with Gasteiger partial charge in [0.2, 0.25) is 5.89 Å². The molecule has 0 saturated heterocycles. The Kier molecular flexibility index (Phi) is 6.25. The van der Waals surface area contributed by atoms with E-state index in [2.05, 4.69) is 20.8 Å². The summed E-state index contributed by atoms with van der Waals surface area (Å²) in [6, 6.07) is 4.36. The van der Waals surface area contributed by atoms with Crippen molar-refractivity contribution in [2.75, 3.05) is 32.1 Å². The van der Waals surface area contributed by atoms with E-state index in [-0.39, 0.29) is 0 Å². The van der Waals surface area contributed by atoms with Gasteiger partial charge in [-0.25, -0.2) is 0 Å². The predicted octanol–water partition coefficient (Wildman–Crippen LogP) is 2.18. The van der Waals surface area contributed by atoms with Gasteiger partial charge < -0.3 is 19.8 Å². The molecule has 0 amide bonds. The number of ether oxygens (including phenoxy) is 1. The van der Waals surface area contributed by atoms with Gasteiger partial charge in [-0.1, -0.05) is 16.7 Å². The number of anilines is 1. The van der Waals surface area contributed by atoms with E-state index in [9.17, 15) is 0 Å². The van der Waals surface area contributed by atoms with Crippen LogP contribution in [0.2, 0.25) is 4.34 Å². The highest BCUT2D eigenvalue weighted by Gasteiger charge is 2.05. The Bertz CT molecular complexity index is 517. The van der Waals surface area contributed by atoms with Gasteiger partial charge in [-0.15, -0.1) is 16.4 Å². The molecular weight excluding hydrogens is 300 g/mol. The average molecular weight is 317 g/mol. The standard InChI is InChI=1S/C12H17ClN4O2S/c1-18-7-6-14-8-11-16-17-12(19-11)15-5-4-9-2-3-10(13)20-9/h2-3,14H,4-8H2,1H3,(H,15,17). The molecule has 0 aliphatic rings. The molecule has 110 valence electrons. The van der Waals surface area contributed by atoms with Gasteiger partial charge in [0, 0.05) is 25.1 Å². The van der Waals surface area contributed by atoms with E-state index in [0.29, 0.717) is 25.1 Å². The fourth-order valence-corrected chi connectivity index (χ4v) is 2.63. The second kappa shape index (κ2) is 8.21. The normalized spacial score (nSPS) is 10.9. The summed E-state index contributed by atoms with van der Waals surface area (Å²) in [5.74, 6) is 0.558. The first-order valence-electron chi connectivity index (χ1n) is 6.28. The van der Waals surface area contributed by atoms with Crippen molar-refractivity contribution in [2.45, 2.75) is 13.0 Å². The second-order valence-electron chi connectivity index (χ2n) is 4.05. The second-order valence-corrected chi connectivity index (χ2v) is 5.85. The van der Waals surface area contributed by atoms with Crippen LogP contribution in [0.3, 0.4) is 0 Å². The summed E-state index contributed by atoms with van der Waals surface area (Å²) in [6.45, 7) is 2.68. The van der Waals surface area contributed by atoms with Crippen molar-refractivity contribution in [1.29, 1.82) is 0 Å². The van der Waals surface area contributed by atoms with Gasteiger partial charge in [-0.05, 0) is 18.6 Å². The molecule has 20 heavy (non-hydrogen) atoms. The van der Waals surface area contributed by atoms with Crippen molar-refractivity contribution in [3.63, 3.8) is 0 Å². The van der Waals surface area contributed by atoms with Crippen LogP contribution in [0.4, 0.5) is 6.01 Å². The fourth-order valence-electron chi connectivity index (χ4n) is 1.54. The van der Waals surface area contributed by atoms with Gasteiger partial charge in [0.1, 0.15) is 0 Å². The van der Waals surface area contributed by atoms with Crippen molar-refractivity contribution in [1.82, 2.24) is 15.5 Å². The summed E-state index contributed by atoms with van der Waals surface area (Å²) in [5, 5.41) is 14.1. The minimum Gasteiger partial charge on any atom is -0.407 e. The molecule has 2 N–H and O–H groups in total. The molecular formula is C12H17ClN4O2S. The maximum absolute atomic E-state index is 5.87. The van der Waals surface area contributed by atoms with Crippen molar-refractivity contribution in [2.24, 2.45) is 0 Å². The Morgan fingerprint density at radius 3 is 3.00 bits per heavy atom. The van der Waals surface area contributed by atoms with Crippen LogP contribution in [0.15, 0.2) is 16.5 Å². The maximum atomic E-state index is 5.87. The zero-order chi connectivity index (χ0) is 14.2. The molecule has 6 nitrogen and oxygen atoms in total. The van der Waals surface area contributed by atoms with E-state index in [1.54, 1.807) is 18.4 Å². The SMILES string of the molecule is COCCNCc1nnc(NCCc2ccc(Cl)s2)o1. The first-order valence-corrected chi connectivity index (χ1v) is 7.47. The summed E-state index contributed by atoms with van der Waals surface area (Å²) < 4.78 is 11.2. The van der Waals surface area contributed by atoms with Gasteiger partial charge in [0.05, 0.1) is 17.5 Å². The zero-order valence-corrected chi connectivity index (χ0v) is 12.8. The van der Waals surface area contributed by atoms with E-state index < -0.39 is 0 Å². The van der Waals surface area contributed by atoms with E-state index in [1.165, 1.54) is 4.88 Å². The van der Waals surface area contributed by atoms with Gasteiger partial charge in [0.25, 0.3) is 0 Å². The number of nitrogens with one attached hydrogen (secondary N) is 2. The van der Waals surface area contributed by atoms with Crippen LogP contribution < -0.4 is 10.6 Å². The molecule has 2 aromatic rings. The van der Waals surface area contributed by atoms with E-state index in [4.69, 9.17) is 20.8 Å². The number of methoxy groups -OCH3 is 1. The van der Waals surface area contributed by atoms with Crippen molar-refractivity contribution in [3.8, 4) is 0 Å². The number of hydrogen-bond donors (Lipinski definition) is 2. The molecule has 0 fully saturated rings. The molecule has 2 heterocycles. The third kappa shape index (κ3) is 5.09. The minimum absolute atomic E-state index is 0.441. The Labute approximate surface area is 126 Å². The van der Waals surface area contributed by atoms with Gasteiger partial charge in [-0.3, -0.25) is 0 Å². The van der Waals surface area contributed by atoms with Crippen LogP contribution in [-0.2, 0) is 17.7 Å². The molecule has 0 atom stereocenters. The molecule has 0 bridgehead atoms. The number of nitrogens with zero attached hydrogens (tertiary/aromatic N) is 2. The van der Waals surface area contributed by atoms with Crippen LogP contribution in [0, 0.1) is 0 Å². The van der Waals surface area contributed by atoms with Crippen LogP contribution in [0.1, 0.15) is 10.8 Å². The highest BCUT2D eigenvalue weighted by atomic mass is 35.5. The lowest BCUT2D eigenvalue weighted by Crippen LogP contribution is -2.18. The van der Waals surface area contributed by atoms with Crippen LogP contribution >= 0.6 is 22.9 Å². The first-order chi connectivity index (χ1) is 9.78. The van der Waals surface area contributed by atoms with Gasteiger partial charge >= 0.3 is 6.01 Å². The Balaban J connectivity index is 1.67. The van der Waals surface area contributed by atoms with Gasteiger partial charge in [0.15, 0.2) is 0 Å². The highest BCUT2D eigenvalue weighted by molar-refractivity contribution is 7.16. The smallest absolute Gasteiger partial charge is 0.315 e. The molecule has 0 radical (unpaired) electrons. The predicted molar refractivity (Wildman–Crippen MR) is 79.4 cm³/mol. The third-order valence-corrected chi connectivity index (χ3v) is 3.79.